The molecule has 0 aliphatic heterocycles. The Morgan fingerprint density at radius 1 is 1.33 bits per heavy atom. The lowest BCUT2D eigenvalue weighted by Crippen LogP contribution is -2.34. The molecule has 1 aromatic carbocycles. The first kappa shape index (κ1) is 17.0. The fourth-order valence-corrected chi connectivity index (χ4v) is 1.79. The molecule has 5 heteroatoms. The number of carbonyl (C=O) groups excluding carboxylic acids is 1. The van der Waals surface area contributed by atoms with Gasteiger partial charge in [-0.15, -0.1) is 6.58 Å². The van der Waals surface area contributed by atoms with Gasteiger partial charge in [-0.2, -0.15) is 0 Å². The predicted molar refractivity (Wildman–Crippen MR) is 83.9 cm³/mol. The quantitative estimate of drug-likeness (QED) is 0.507. The Balaban J connectivity index is 2.46. The zero-order valence-corrected chi connectivity index (χ0v) is 12.8. The topological polar surface area (TPSA) is 59.6 Å². The molecular formula is C16H24N2O3. The first-order chi connectivity index (χ1) is 10.2. The third-order valence-corrected chi connectivity index (χ3v) is 2.84. The Morgan fingerprint density at radius 3 is 2.81 bits per heavy atom. The van der Waals surface area contributed by atoms with Gasteiger partial charge in [-0.1, -0.05) is 19.1 Å². The van der Waals surface area contributed by atoms with E-state index in [1.165, 1.54) is 0 Å². The SMILES string of the molecule is C=CCc1ccc(OCC(=O)NCCNCC)c(OC)c1. The van der Waals surface area contributed by atoms with E-state index in [1.54, 1.807) is 7.11 Å². The zero-order chi connectivity index (χ0) is 15.5. The Labute approximate surface area is 126 Å². The third kappa shape index (κ3) is 6.31. The first-order valence-electron chi connectivity index (χ1n) is 7.09. The van der Waals surface area contributed by atoms with Crippen LogP contribution in [0.25, 0.3) is 0 Å². The molecule has 0 spiro atoms. The van der Waals surface area contributed by atoms with Gasteiger partial charge in [-0.3, -0.25) is 4.79 Å². The van der Waals surface area contributed by atoms with Crippen LogP contribution in [0.2, 0.25) is 0 Å². The van der Waals surface area contributed by atoms with E-state index in [4.69, 9.17) is 9.47 Å². The lowest BCUT2D eigenvalue weighted by molar-refractivity contribution is -0.123. The summed E-state index contributed by atoms with van der Waals surface area (Å²) in [6.45, 7) is 7.93. The maximum Gasteiger partial charge on any atom is 0.257 e. The number of allylic oxidation sites excluding steroid dienone is 1. The summed E-state index contributed by atoms with van der Waals surface area (Å²) >= 11 is 0. The highest BCUT2D eigenvalue weighted by molar-refractivity contribution is 5.77. The lowest BCUT2D eigenvalue weighted by atomic mass is 10.1. The molecule has 1 amide bonds. The van der Waals surface area contributed by atoms with Crippen molar-refractivity contribution in [1.82, 2.24) is 10.6 Å². The van der Waals surface area contributed by atoms with Crippen LogP contribution in [0, 0.1) is 0 Å². The van der Waals surface area contributed by atoms with E-state index in [0.29, 0.717) is 18.0 Å². The normalized spacial score (nSPS) is 10.0. The Morgan fingerprint density at radius 2 is 2.14 bits per heavy atom. The van der Waals surface area contributed by atoms with Crippen LogP contribution in [0.4, 0.5) is 0 Å². The number of carbonyl (C=O) groups is 1. The van der Waals surface area contributed by atoms with E-state index in [1.807, 2.05) is 31.2 Å². The smallest absolute Gasteiger partial charge is 0.257 e. The van der Waals surface area contributed by atoms with Crippen molar-refractivity contribution in [1.29, 1.82) is 0 Å². The summed E-state index contributed by atoms with van der Waals surface area (Å²) in [4.78, 5) is 11.6. The first-order valence-corrected chi connectivity index (χ1v) is 7.09. The second-order valence-electron chi connectivity index (χ2n) is 4.47. The van der Waals surface area contributed by atoms with E-state index in [-0.39, 0.29) is 12.5 Å². The number of hydrogen-bond acceptors (Lipinski definition) is 4. The molecule has 0 heterocycles. The van der Waals surface area contributed by atoms with Crippen molar-refractivity contribution < 1.29 is 14.3 Å². The van der Waals surface area contributed by atoms with E-state index in [9.17, 15) is 4.79 Å². The predicted octanol–water partition coefficient (Wildman–Crippen LogP) is 1.53. The van der Waals surface area contributed by atoms with Crippen molar-refractivity contribution in [2.75, 3.05) is 33.4 Å². The summed E-state index contributed by atoms with van der Waals surface area (Å²) in [7, 11) is 1.58. The van der Waals surface area contributed by atoms with Crippen LogP contribution in [0.1, 0.15) is 12.5 Å². The molecule has 1 rings (SSSR count). The Hall–Kier alpha value is -2.01. The highest BCUT2D eigenvalue weighted by Crippen LogP contribution is 2.28. The Bertz CT molecular complexity index is 461. The number of ether oxygens (including phenoxy) is 2. The average Bonchev–Trinajstić information content (AvgIpc) is 2.50. The summed E-state index contributed by atoms with van der Waals surface area (Å²) < 4.78 is 10.8. The minimum absolute atomic E-state index is 0.0245. The molecule has 116 valence electrons. The summed E-state index contributed by atoms with van der Waals surface area (Å²) in [5, 5.41) is 5.91. The molecule has 0 saturated heterocycles. The van der Waals surface area contributed by atoms with E-state index in [2.05, 4.69) is 17.2 Å². The molecule has 0 saturated carbocycles. The highest BCUT2D eigenvalue weighted by atomic mass is 16.5. The fraction of sp³-hybridized carbons (Fsp3) is 0.438. The monoisotopic (exact) mass is 292 g/mol. The van der Waals surface area contributed by atoms with Gasteiger partial charge in [0.1, 0.15) is 0 Å². The Kier molecular flexibility index (Phi) is 7.97. The van der Waals surface area contributed by atoms with Gasteiger partial charge >= 0.3 is 0 Å². The molecule has 0 atom stereocenters. The fourth-order valence-electron chi connectivity index (χ4n) is 1.79. The molecule has 21 heavy (non-hydrogen) atoms. The van der Waals surface area contributed by atoms with Gasteiger partial charge in [0, 0.05) is 13.1 Å². The number of methoxy groups -OCH3 is 1. The van der Waals surface area contributed by atoms with Crippen LogP contribution in [0.3, 0.4) is 0 Å². The largest absolute Gasteiger partial charge is 0.493 e. The van der Waals surface area contributed by atoms with Gasteiger partial charge in [-0.25, -0.2) is 0 Å². The van der Waals surface area contributed by atoms with Crippen LogP contribution >= 0.6 is 0 Å². The molecule has 5 nitrogen and oxygen atoms in total. The van der Waals surface area contributed by atoms with Crippen molar-refractivity contribution in [2.45, 2.75) is 13.3 Å². The van der Waals surface area contributed by atoms with Gasteiger partial charge < -0.3 is 20.1 Å². The van der Waals surface area contributed by atoms with Gasteiger partial charge in [0.25, 0.3) is 5.91 Å². The number of amides is 1. The summed E-state index contributed by atoms with van der Waals surface area (Å²) in [6, 6.07) is 5.63. The van der Waals surface area contributed by atoms with Crippen LogP contribution in [-0.4, -0.2) is 39.3 Å². The highest BCUT2D eigenvalue weighted by Gasteiger charge is 2.08. The van der Waals surface area contributed by atoms with E-state index in [0.717, 1.165) is 25.1 Å². The molecular weight excluding hydrogens is 268 g/mol. The molecule has 0 aliphatic carbocycles. The standard InChI is InChI=1S/C16H24N2O3/c1-4-6-13-7-8-14(15(11-13)20-3)21-12-16(19)18-10-9-17-5-2/h4,7-8,11,17H,1,5-6,9-10,12H2,2-3H3,(H,18,19). The van der Waals surface area contributed by atoms with Crippen LogP contribution in [0.15, 0.2) is 30.9 Å². The molecule has 2 N–H and O–H groups in total. The number of rotatable bonds is 10. The summed E-state index contributed by atoms with van der Waals surface area (Å²) in [5.74, 6) is 1.03. The zero-order valence-electron chi connectivity index (χ0n) is 12.8. The van der Waals surface area contributed by atoms with Crippen molar-refractivity contribution in [3.63, 3.8) is 0 Å². The molecule has 0 unspecified atom stereocenters. The van der Waals surface area contributed by atoms with Gasteiger partial charge in [-0.05, 0) is 30.7 Å². The van der Waals surface area contributed by atoms with Crippen molar-refractivity contribution in [2.24, 2.45) is 0 Å². The average molecular weight is 292 g/mol. The molecule has 0 radical (unpaired) electrons. The maximum atomic E-state index is 11.6. The third-order valence-electron chi connectivity index (χ3n) is 2.84. The van der Waals surface area contributed by atoms with Gasteiger partial charge in [0.05, 0.1) is 7.11 Å². The van der Waals surface area contributed by atoms with Crippen molar-refractivity contribution in [3.05, 3.63) is 36.4 Å². The van der Waals surface area contributed by atoms with Crippen molar-refractivity contribution in [3.8, 4) is 11.5 Å². The van der Waals surface area contributed by atoms with Crippen molar-refractivity contribution >= 4 is 5.91 Å². The van der Waals surface area contributed by atoms with E-state index < -0.39 is 0 Å². The number of hydrogen-bond donors (Lipinski definition) is 2. The van der Waals surface area contributed by atoms with Gasteiger partial charge in [0.15, 0.2) is 18.1 Å². The number of benzene rings is 1. The minimum atomic E-state index is -0.148. The molecule has 0 aliphatic rings. The van der Waals surface area contributed by atoms with Crippen LogP contribution in [-0.2, 0) is 11.2 Å². The molecule has 0 fully saturated rings. The second-order valence-corrected chi connectivity index (χ2v) is 4.47. The molecule has 1 aromatic rings. The van der Waals surface area contributed by atoms with Crippen LogP contribution < -0.4 is 20.1 Å². The lowest BCUT2D eigenvalue weighted by Gasteiger charge is -2.12. The number of likely N-dealkylation sites (N-methyl/N-ethyl adjacent to an activating group) is 1. The van der Waals surface area contributed by atoms with E-state index >= 15 is 0 Å². The summed E-state index contributed by atoms with van der Waals surface area (Å²) in [6.07, 6.45) is 2.59. The summed E-state index contributed by atoms with van der Waals surface area (Å²) in [5.41, 5.74) is 1.09. The molecule has 0 bridgehead atoms. The minimum Gasteiger partial charge on any atom is -0.493 e. The second kappa shape index (κ2) is 9.83. The maximum absolute atomic E-state index is 11.6. The van der Waals surface area contributed by atoms with Gasteiger partial charge in [0.2, 0.25) is 0 Å². The molecule has 0 aromatic heterocycles. The van der Waals surface area contributed by atoms with Crippen LogP contribution in [0.5, 0.6) is 11.5 Å². The number of nitrogens with one attached hydrogen (secondary N) is 2.